The van der Waals surface area contributed by atoms with Gasteiger partial charge in [-0.2, -0.15) is 0 Å². The van der Waals surface area contributed by atoms with Crippen LogP contribution in [0.15, 0.2) is 12.1 Å². The Labute approximate surface area is 86.5 Å². The van der Waals surface area contributed by atoms with Crippen molar-refractivity contribution < 1.29 is 0 Å². The fourth-order valence-corrected chi connectivity index (χ4v) is 1.67. The van der Waals surface area contributed by atoms with Crippen molar-refractivity contribution in [1.82, 2.24) is 0 Å². The van der Waals surface area contributed by atoms with Gasteiger partial charge in [0.1, 0.15) is 0 Å². The lowest BCUT2D eigenvalue weighted by Gasteiger charge is -2.13. The summed E-state index contributed by atoms with van der Waals surface area (Å²) in [6.07, 6.45) is 2.43. The van der Waals surface area contributed by atoms with Crippen LogP contribution in [0.5, 0.6) is 0 Å². The Kier molecular flexibility index (Phi) is 3.81. The number of nitrogen functional groups attached to an aromatic ring is 1. The standard InChI is InChI=1S/C12H20N2/c1-4-5-6-14-12-9(2)7-11(13)8-10(12)3/h7-8,14H,4-6,13H2,1-3H3. The molecule has 0 spiro atoms. The number of unbranched alkanes of at least 4 members (excludes halogenated alkanes) is 1. The first-order chi connectivity index (χ1) is 6.65. The molecule has 0 radical (unpaired) electrons. The molecule has 1 rings (SSSR count). The normalized spacial score (nSPS) is 10.2. The Hall–Kier alpha value is -1.18. The summed E-state index contributed by atoms with van der Waals surface area (Å²) in [5.41, 5.74) is 10.3. The molecule has 0 aliphatic rings. The molecule has 0 aliphatic heterocycles. The summed E-state index contributed by atoms with van der Waals surface area (Å²) < 4.78 is 0. The summed E-state index contributed by atoms with van der Waals surface area (Å²) in [5.74, 6) is 0. The van der Waals surface area contributed by atoms with Crippen LogP contribution < -0.4 is 11.1 Å². The van der Waals surface area contributed by atoms with Crippen molar-refractivity contribution in [3.8, 4) is 0 Å². The molecule has 14 heavy (non-hydrogen) atoms. The second-order valence-electron chi connectivity index (χ2n) is 3.81. The molecule has 0 aliphatic carbocycles. The second kappa shape index (κ2) is 4.89. The Morgan fingerprint density at radius 3 is 2.29 bits per heavy atom. The lowest BCUT2D eigenvalue weighted by molar-refractivity contribution is 0.833. The van der Waals surface area contributed by atoms with Gasteiger partial charge in [0.15, 0.2) is 0 Å². The highest BCUT2D eigenvalue weighted by Crippen LogP contribution is 2.23. The number of hydrogen-bond acceptors (Lipinski definition) is 2. The molecule has 3 N–H and O–H groups in total. The van der Waals surface area contributed by atoms with E-state index in [1.54, 1.807) is 0 Å². The molecular formula is C12H20N2. The maximum absolute atomic E-state index is 5.76. The molecule has 0 amide bonds. The van der Waals surface area contributed by atoms with Crippen molar-refractivity contribution in [1.29, 1.82) is 0 Å². The van der Waals surface area contributed by atoms with Crippen molar-refractivity contribution >= 4 is 11.4 Å². The van der Waals surface area contributed by atoms with Gasteiger partial charge in [0.25, 0.3) is 0 Å². The van der Waals surface area contributed by atoms with E-state index in [1.165, 1.54) is 29.7 Å². The zero-order chi connectivity index (χ0) is 10.6. The third kappa shape index (κ3) is 2.66. The van der Waals surface area contributed by atoms with Gasteiger partial charge >= 0.3 is 0 Å². The van der Waals surface area contributed by atoms with Crippen LogP contribution in [0, 0.1) is 13.8 Å². The number of nitrogens with one attached hydrogen (secondary N) is 1. The molecule has 1 aromatic carbocycles. The maximum atomic E-state index is 5.76. The molecule has 0 aromatic heterocycles. The molecule has 0 heterocycles. The number of benzene rings is 1. The highest BCUT2D eigenvalue weighted by atomic mass is 14.9. The predicted octanol–water partition coefficient (Wildman–Crippen LogP) is 3.10. The van der Waals surface area contributed by atoms with Gasteiger partial charge in [0.05, 0.1) is 0 Å². The van der Waals surface area contributed by atoms with Crippen molar-refractivity contribution in [2.75, 3.05) is 17.6 Å². The Morgan fingerprint density at radius 2 is 1.79 bits per heavy atom. The van der Waals surface area contributed by atoms with Gasteiger partial charge in [-0.15, -0.1) is 0 Å². The van der Waals surface area contributed by atoms with E-state index in [2.05, 4.69) is 26.1 Å². The van der Waals surface area contributed by atoms with Crippen LogP contribution in [0.2, 0.25) is 0 Å². The molecule has 0 saturated heterocycles. The van der Waals surface area contributed by atoms with E-state index in [-0.39, 0.29) is 0 Å². The van der Waals surface area contributed by atoms with Crippen molar-refractivity contribution in [3.63, 3.8) is 0 Å². The average molecular weight is 192 g/mol. The van der Waals surface area contributed by atoms with Gasteiger partial charge in [-0.3, -0.25) is 0 Å². The van der Waals surface area contributed by atoms with Crippen LogP contribution in [0.25, 0.3) is 0 Å². The van der Waals surface area contributed by atoms with Gasteiger partial charge in [-0.1, -0.05) is 13.3 Å². The summed E-state index contributed by atoms with van der Waals surface area (Å²) >= 11 is 0. The van der Waals surface area contributed by atoms with Crippen molar-refractivity contribution in [2.24, 2.45) is 0 Å². The van der Waals surface area contributed by atoms with Crippen LogP contribution in [-0.2, 0) is 0 Å². The third-order valence-corrected chi connectivity index (χ3v) is 2.39. The minimum absolute atomic E-state index is 0.848. The second-order valence-corrected chi connectivity index (χ2v) is 3.81. The Balaban J connectivity index is 2.75. The van der Waals surface area contributed by atoms with E-state index >= 15 is 0 Å². The summed E-state index contributed by atoms with van der Waals surface area (Å²) in [7, 11) is 0. The van der Waals surface area contributed by atoms with Crippen LogP contribution in [0.3, 0.4) is 0 Å². The maximum Gasteiger partial charge on any atom is 0.0401 e. The van der Waals surface area contributed by atoms with E-state index in [0.717, 1.165) is 12.2 Å². The monoisotopic (exact) mass is 192 g/mol. The van der Waals surface area contributed by atoms with Gasteiger partial charge < -0.3 is 11.1 Å². The minimum atomic E-state index is 0.848. The summed E-state index contributed by atoms with van der Waals surface area (Å²) in [5, 5.41) is 3.45. The lowest BCUT2D eigenvalue weighted by atomic mass is 10.1. The van der Waals surface area contributed by atoms with E-state index in [0.29, 0.717) is 0 Å². The van der Waals surface area contributed by atoms with E-state index in [1.807, 2.05) is 12.1 Å². The number of rotatable bonds is 4. The minimum Gasteiger partial charge on any atom is -0.399 e. The Morgan fingerprint density at radius 1 is 1.21 bits per heavy atom. The number of nitrogens with two attached hydrogens (primary N) is 1. The van der Waals surface area contributed by atoms with Crippen molar-refractivity contribution in [3.05, 3.63) is 23.3 Å². The van der Waals surface area contributed by atoms with Gasteiger partial charge in [0.2, 0.25) is 0 Å². The molecule has 1 aromatic rings. The molecule has 0 unspecified atom stereocenters. The number of hydrogen-bond donors (Lipinski definition) is 2. The molecule has 0 saturated carbocycles. The third-order valence-electron chi connectivity index (χ3n) is 2.39. The molecule has 78 valence electrons. The number of anilines is 2. The predicted molar refractivity (Wildman–Crippen MR) is 63.7 cm³/mol. The van der Waals surface area contributed by atoms with Gasteiger partial charge in [-0.25, -0.2) is 0 Å². The largest absolute Gasteiger partial charge is 0.399 e. The highest BCUT2D eigenvalue weighted by molar-refractivity contribution is 5.62. The molecule has 0 bridgehead atoms. The van der Waals surface area contributed by atoms with Crippen LogP contribution in [0.1, 0.15) is 30.9 Å². The lowest BCUT2D eigenvalue weighted by Crippen LogP contribution is -2.05. The quantitative estimate of drug-likeness (QED) is 0.568. The fourth-order valence-electron chi connectivity index (χ4n) is 1.67. The van der Waals surface area contributed by atoms with Crippen LogP contribution in [0.4, 0.5) is 11.4 Å². The van der Waals surface area contributed by atoms with E-state index in [4.69, 9.17) is 5.73 Å². The molecular weight excluding hydrogens is 172 g/mol. The van der Waals surface area contributed by atoms with Gasteiger partial charge in [0, 0.05) is 17.9 Å². The topological polar surface area (TPSA) is 38.0 Å². The van der Waals surface area contributed by atoms with E-state index in [9.17, 15) is 0 Å². The molecule has 0 fully saturated rings. The first-order valence-electron chi connectivity index (χ1n) is 5.25. The zero-order valence-corrected chi connectivity index (χ0v) is 9.35. The summed E-state index contributed by atoms with van der Waals surface area (Å²) in [6, 6.07) is 4.03. The highest BCUT2D eigenvalue weighted by Gasteiger charge is 2.02. The van der Waals surface area contributed by atoms with Gasteiger partial charge in [-0.05, 0) is 43.5 Å². The van der Waals surface area contributed by atoms with Crippen LogP contribution >= 0.6 is 0 Å². The fraction of sp³-hybridized carbons (Fsp3) is 0.500. The Bertz CT molecular complexity index is 282. The van der Waals surface area contributed by atoms with E-state index < -0.39 is 0 Å². The molecule has 0 atom stereocenters. The molecule has 2 nitrogen and oxygen atoms in total. The number of aryl methyl sites for hydroxylation is 2. The first-order valence-corrected chi connectivity index (χ1v) is 5.25. The first kappa shape index (κ1) is 10.9. The summed E-state index contributed by atoms with van der Waals surface area (Å²) in [4.78, 5) is 0. The average Bonchev–Trinajstić information content (AvgIpc) is 2.09. The molecule has 2 heteroatoms. The van der Waals surface area contributed by atoms with Crippen molar-refractivity contribution in [2.45, 2.75) is 33.6 Å². The smallest absolute Gasteiger partial charge is 0.0401 e. The SMILES string of the molecule is CCCCNc1c(C)cc(N)cc1C. The summed E-state index contributed by atoms with van der Waals surface area (Å²) in [6.45, 7) is 7.43. The van der Waals surface area contributed by atoms with Crippen LogP contribution in [-0.4, -0.2) is 6.54 Å². The zero-order valence-electron chi connectivity index (χ0n) is 9.35.